The van der Waals surface area contributed by atoms with Gasteiger partial charge in [0.15, 0.2) is 0 Å². The summed E-state index contributed by atoms with van der Waals surface area (Å²) in [4.78, 5) is 11.5. The molecule has 0 aliphatic carbocycles. The van der Waals surface area contributed by atoms with Crippen molar-refractivity contribution in [3.8, 4) is 17.9 Å². The largest absolute Gasteiger partial charge is 0.488 e. The van der Waals surface area contributed by atoms with Crippen molar-refractivity contribution in [3.63, 3.8) is 0 Å². The van der Waals surface area contributed by atoms with Crippen molar-refractivity contribution in [1.29, 1.82) is 10.5 Å². The zero-order valence-corrected chi connectivity index (χ0v) is 15.5. The van der Waals surface area contributed by atoms with Gasteiger partial charge in [-0.25, -0.2) is 4.79 Å². The Labute approximate surface area is 159 Å². The summed E-state index contributed by atoms with van der Waals surface area (Å²) in [5, 5.41) is 18.1. The predicted molar refractivity (Wildman–Crippen MR) is 100 cm³/mol. The van der Waals surface area contributed by atoms with Crippen LogP contribution in [0.15, 0.2) is 48.0 Å². The van der Waals surface area contributed by atoms with E-state index in [1.807, 2.05) is 18.2 Å². The van der Waals surface area contributed by atoms with E-state index in [4.69, 9.17) is 15.3 Å². The molecule has 25 heavy (non-hydrogen) atoms. The number of halogens is 1. The number of esters is 1. The summed E-state index contributed by atoms with van der Waals surface area (Å²) in [5.41, 5.74) is 2.00. The molecule has 5 nitrogen and oxygen atoms in total. The van der Waals surface area contributed by atoms with E-state index < -0.39 is 5.97 Å². The van der Waals surface area contributed by atoms with Gasteiger partial charge in [-0.2, -0.15) is 10.5 Å². The molecule has 0 saturated heterocycles. The summed E-state index contributed by atoms with van der Waals surface area (Å²) < 4.78 is 11.2. The zero-order valence-electron chi connectivity index (χ0n) is 13.3. The third kappa shape index (κ3) is 4.82. The summed E-state index contributed by atoms with van der Waals surface area (Å²) in [6.07, 6.45) is 1.46. The number of ether oxygens (including phenoxy) is 2. The van der Waals surface area contributed by atoms with Crippen molar-refractivity contribution in [2.75, 3.05) is 7.11 Å². The van der Waals surface area contributed by atoms with Crippen molar-refractivity contribution in [2.45, 2.75) is 6.61 Å². The highest BCUT2D eigenvalue weighted by atomic mass is 127. The molecule has 0 atom stereocenters. The number of rotatable bonds is 5. The maximum Gasteiger partial charge on any atom is 0.348 e. The van der Waals surface area contributed by atoms with Crippen molar-refractivity contribution in [2.24, 2.45) is 0 Å². The summed E-state index contributed by atoms with van der Waals surface area (Å²) in [7, 11) is 1.23. The molecule has 2 rings (SSSR count). The maximum absolute atomic E-state index is 11.5. The molecule has 0 radical (unpaired) electrons. The van der Waals surface area contributed by atoms with Gasteiger partial charge in [-0.1, -0.05) is 24.3 Å². The molecule has 2 aromatic carbocycles. The van der Waals surface area contributed by atoms with Gasteiger partial charge >= 0.3 is 5.97 Å². The number of nitrogens with zero attached hydrogens (tertiary/aromatic N) is 2. The molecule has 0 amide bonds. The Balaban J connectivity index is 2.18. The summed E-state index contributed by atoms with van der Waals surface area (Å²) >= 11 is 2.11. The van der Waals surface area contributed by atoms with Gasteiger partial charge in [-0.05, 0) is 52.4 Å². The first-order valence-corrected chi connectivity index (χ1v) is 8.27. The van der Waals surface area contributed by atoms with Crippen LogP contribution in [0.2, 0.25) is 0 Å². The maximum atomic E-state index is 11.5. The fourth-order valence-electron chi connectivity index (χ4n) is 2.05. The van der Waals surface area contributed by atoms with Crippen LogP contribution in [0.1, 0.15) is 16.7 Å². The van der Waals surface area contributed by atoms with Crippen molar-refractivity contribution in [1.82, 2.24) is 0 Å². The summed E-state index contributed by atoms with van der Waals surface area (Å²) in [5.74, 6) is -0.0204. The molecule has 0 aromatic heterocycles. The Morgan fingerprint density at radius 3 is 2.64 bits per heavy atom. The molecule has 0 aliphatic heterocycles. The molecule has 0 unspecified atom stereocenters. The standard InChI is InChI=1S/C19H13IN2O3/c1-24-19(23)16(11-22)8-13-6-7-18(17(20)9-13)25-12-15-5-3-2-4-14(15)10-21/h2-9H,12H2,1H3. The van der Waals surface area contributed by atoms with Crippen LogP contribution in [0, 0.1) is 26.2 Å². The number of methoxy groups -OCH3 is 1. The molecular formula is C19H13IN2O3. The van der Waals surface area contributed by atoms with E-state index in [0.29, 0.717) is 16.9 Å². The van der Waals surface area contributed by atoms with Crippen LogP contribution in [0.25, 0.3) is 6.08 Å². The number of carbonyl (C=O) groups is 1. The van der Waals surface area contributed by atoms with E-state index in [2.05, 4.69) is 33.4 Å². The molecule has 124 valence electrons. The van der Waals surface area contributed by atoms with E-state index in [1.54, 1.807) is 30.3 Å². The molecule has 0 saturated carbocycles. The Hall–Kier alpha value is -2.84. The Morgan fingerprint density at radius 1 is 1.24 bits per heavy atom. The molecule has 0 N–H and O–H groups in total. The minimum Gasteiger partial charge on any atom is -0.488 e. The number of hydrogen-bond acceptors (Lipinski definition) is 5. The average Bonchev–Trinajstić information content (AvgIpc) is 2.65. The predicted octanol–water partition coefficient (Wildman–Crippen LogP) is 3.82. The molecule has 0 fully saturated rings. The normalized spacial score (nSPS) is 10.5. The van der Waals surface area contributed by atoms with Crippen LogP contribution in [-0.2, 0) is 16.1 Å². The van der Waals surface area contributed by atoms with Crippen molar-refractivity contribution >= 4 is 34.6 Å². The smallest absolute Gasteiger partial charge is 0.348 e. The van der Waals surface area contributed by atoms with E-state index in [0.717, 1.165) is 9.13 Å². The van der Waals surface area contributed by atoms with Gasteiger partial charge in [0.1, 0.15) is 24.0 Å². The van der Waals surface area contributed by atoms with Gasteiger partial charge in [-0.15, -0.1) is 0 Å². The molecule has 0 heterocycles. The lowest BCUT2D eigenvalue weighted by Gasteiger charge is -2.10. The molecule has 0 aliphatic rings. The lowest BCUT2D eigenvalue weighted by Crippen LogP contribution is -2.02. The number of nitriles is 2. The van der Waals surface area contributed by atoms with Gasteiger partial charge in [0.25, 0.3) is 0 Å². The highest BCUT2D eigenvalue weighted by molar-refractivity contribution is 14.1. The fourth-order valence-corrected chi connectivity index (χ4v) is 2.74. The first kappa shape index (κ1) is 18.5. The highest BCUT2D eigenvalue weighted by Crippen LogP contribution is 2.24. The quantitative estimate of drug-likeness (QED) is 0.303. The van der Waals surface area contributed by atoms with E-state index in [-0.39, 0.29) is 12.2 Å². The van der Waals surface area contributed by atoms with E-state index in [9.17, 15) is 4.79 Å². The second-order valence-corrected chi connectivity index (χ2v) is 6.07. The van der Waals surface area contributed by atoms with Crippen LogP contribution >= 0.6 is 22.6 Å². The molecule has 6 heteroatoms. The molecule has 0 bridgehead atoms. The molecule has 0 spiro atoms. The van der Waals surface area contributed by atoms with Crippen molar-refractivity contribution in [3.05, 3.63) is 68.3 Å². The van der Waals surface area contributed by atoms with Crippen LogP contribution < -0.4 is 4.74 Å². The summed E-state index contributed by atoms with van der Waals surface area (Å²) in [6.45, 7) is 0.278. The Morgan fingerprint density at radius 2 is 2.00 bits per heavy atom. The van der Waals surface area contributed by atoms with Gasteiger partial charge < -0.3 is 9.47 Å². The van der Waals surface area contributed by atoms with Crippen LogP contribution in [0.5, 0.6) is 5.75 Å². The third-order valence-corrected chi connectivity index (χ3v) is 4.16. The summed E-state index contributed by atoms with van der Waals surface area (Å²) in [6, 6.07) is 16.5. The highest BCUT2D eigenvalue weighted by Gasteiger charge is 2.10. The van der Waals surface area contributed by atoms with Gasteiger partial charge in [-0.3, -0.25) is 0 Å². The average molecular weight is 444 g/mol. The Bertz CT molecular complexity index is 908. The minimum atomic E-state index is -0.675. The monoisotopic (exact) mass is 444 g/mol. The van der Waals surface area contributed by atoms with Gasteiger partial charge in [0.2, 0.25) is 0 Å². The lowest BCUT2D eigenvalue weighted by molar-refractivity contribution is -0.135. The second kappa shape index (κ2) is 8.86. The van der Waals surface area contributed by atoms with Crippen LogP contribution in [0.3, 0.4) is 0 Å². The third-order valence-electron chi connectivity index (χ3n) is 3.31. The number of carbonyl (C=O) groups excluding carboxylic acids is 1. The fraction of sp³-hybridized carbons (Fsp3) is 0.105. The SMILES string of the molecule is COC(=O)C(C#N)=Cc1ccc(OCc2ccccc2C#N)c(I)c1. The van der Waals surface area contributed by atoms with Crippen molar-refractivity contribution < 1.29 is 14.3 Å². The number of hydrogen-bond donors (Lipinski definition) is 0. The first-order valence-electron chi connectivity index (χ1n) is 7.19. The van der Waals surface area contributed by atoms with Crippen LogP contribution in [-0.4, -0.2) is 13.1 Å². The van der Waals surface area contributed by atoms with Crippen LogP contribution in [0.4, 0.5) is 0 Å². The molecular weight excluding hydrogens is 431 g/mol. The topological polar surface area (TPSA) is 83.1 Å². The lowest BCUT2D eigenvalue weighted by atomic mass is 10.1. The number of benzene rings is 2. The van der Waals surface area contributed by atoms with Gasteiger partial charge in [0.05, 0.1) is 22.3 Å². The minimum absolute atomic E-state index is 0.0742. The Kier molecular flexibility index (Phi) is 6.55. The zero-order chi connectivity index (χ0) is 18.2. The van der Waals surface area contributed by atoms with E-state index in [1.165, 1.54) is 13.2 Å². The second-order valence-electron chi connectivity index (χ2n) is 4.91. The van der Waals surface area contributed by atoms with Gasteiger partial charge in [0, 0.05) is 5.56 Å². The first-order chi connectivity index (χ1) is 12.1. The molecule has 2 aromatic rings. The van der Waals surface area contributed by atoms with E-state index >= 15 is 0 Å².